The van der Waals surface area contributed by atoms with Crippen molar-refractivity contribution in [1.29, 1.82) is 0 Å². The van der Waals surface area contributed by atoms with Gasteiger partial charge >= 0.3 is 0 Å². The molecule has 0 aliphatic heterocycles. The Bertz CT molecular complexity index is 313. The van der Waals surface area contributed by atoms with Crippen LogP contribution in [0.1, 0.15) is 18.9 Å². The Morgan fingerprint density at radius 2 is 2.27 bits per heavy atom. The Hall–Kier alpha value is -1.13. The van der Waals surface area contributed by atoms with Gasteiger partial charge in [-0.15, -0.1) is 0 Å². The van der Waals surface area contributed by atoms with Crippen LogP contribution < -0.4 is 16.0 Å². The van der Waals surface area contributed by atoms with E-state index in [1.165, 1.54) is 7.11 Å². The molecule has 0 amide bonds. The minimum atomic E-state index is -0.297. The normalized spacial score (nSPS) is 12.5. The van der Waals surface area contributed by atoms with Crippen LogP contribution in [0.2, 0.25) is 0 Å². The van der Waals surface area contributed by atoms with Crippen LogP contribution >= 0.6 is 0 Å². The third kappa shape index (κ3) is 2.91. The average molecular weight is 212 g/mol. The fourth-order valence-corrected chi connectivity index (χ4v) is 1.46. The summed E-state index contributed by atoms with van der Waals surface area (Å²) in [5, 5.41) is 0. The number of benzene rings is 1. The van der Waals surface area contributed by atoms with Crippen LogP contribution in [-0.2, 0) is 6.42 Å². The maximum atomic E-state index is 13.7. The summed E-state index contributed by atoms with van der Waals surface area (Å²) in [5.41, 5.74) is 3.28. The van der Waals surface area contributed by atoms with Gasteiger partial charge in [-0.25, -0.2) is 4.39 Å². The molecule has 3 N–H and O–H groups in total. The van der Waals surface area contributed by atoms with E-state index in [0.717, 1.165) is 6.42 Å². The standard InChI is InChI=1S/C11H17FN2O/c1-3-9(14-13)7-8-5-4-6-10(15-2)11(8)12/h4-6,9,14H,3,7,13H2,1-2H3. The van der Waals surface area contributed by atoms with Crippen molar-refractivity contribution >= 4 is 0 Å². The molecule has 1 unspecified atom stereocenters. The maximum absolute atomic E-state index is 13.7. The molecule has 4 heteroatoms. The second-order valence-electron chi connectivity index (χ2n) is 3.41. The highest BCUT2D eigenvalue weighted by atomic mass is 19.1. The van der Waals surface area contributed by atoms with Crippen molar-refractivity contribution in [3.05, 3.63) is 29.6 Å². The summed E-state index contributed by atoms with van der Waals surface area (Å²) in [5.74, 6) is 5.33. The molecule has 0 bridgehead atoms. The van der Waals surface area contributed by atoms with Crippen LogP contribution in [0.4, 0.5) is 4.39 Å². The molecule has 0 aliphatic carbocycles. The number of hydrogen-bond donors (Lipinski definition) is 2. The zero-order valence-corrected chi connectivity index (χ0v) is 9.09. The number of halogens is 1. The molecule has 1 aromatic rings. The number of nitrogens with one attached hydrogen (secondary N) is 1. The molecule has 0 aliphatic rings. The van der Waals surface area contributed by atoms with E-state index in [2.05, 4.69) is 5.43 Å². The van der Waals surface area contributed by atoms with Gasteiger partial charge in [0.2, 0.25) is 0 Å². The number of hydrazine groups is 1. The number of ether oxygens (including phenoxy) is 1. The Morgan fingerprint density at radius 3 is 2.80 bits per heavy atom. The first-order valence-corrected chi connectivity index (χ1v) is 5.00. The van der Waals surface area contributed by atoms with Crippen molar-refractivity contribution in [2.24, 2.45) is 5.84 Å². The van der Waals surface area contributed by atoms with Crippen molar-refractivity contribution in [3.63, 3.8) is 0 Å². The van der Waals surface area contributed by atoms with Crippen molar-refractivity contribution in [3.8, 4) is 5.75 Å². The number of hydrogen-bond acceptors (Lipinski definition) is 3. The first-order chi connectivity index (χ1) is 7.22. The zero-order chi connectivity index (χ0) is 11.3. The summed E-state index contributed by atoms with van der Waals surface area (Å²) in [6, 6.07) is 5.22. The summed E-state index contributed by atoms with van der Waals surface area (Å²) < 4.78 is 18.6. The predicted molar refractivity (Wildman–Crippen MR) is 58.1 cm³/mol. The minimum Gasteiger partial charge on any atom is -0.494 e. The first-order valence-electron chi connectivity index (χ1n) is 5.00. The van der Waals surface area contributed by atoms with Gasteiger partial charge < -0.3 is 4.74 Å². The van der Waals surface area contributed by atoms with Crippen LogP contribution in [-0.4, -0.2) is 13.2 Å². The first kappa shape index (κ1) is 11.9. The summed E-state index contributed by atoms with van der Waals surface area (Å²) in [6.45, 7) is 2.00. The molecule has 1 aromatic carbocycles. The van der Waals surface area contributed by atoms with Crippen molar-refractivity contribution in [2.75, 3.05) is 7.11 Å². The van der Waals surface area contributed by atoms with Crippen molar-refractivity contribution in [1.82, 2.24) is 5.43 Å². The molecule has 1 rings (SSSR count). The molecule has 3 nitrogen and oxygen atoms in total. The quantitative estimate of drug-likeness (QED) is 0.576. The van der Waals surface area contributed by atoms with E-state index in [4.69, 9.17) is 10.6 Å². The monoisotopic (exact) mass is 212 g/mol. The maximum Gasteiger partial charge on any atom is 0.168 e. The van der Waals surface area contributed by atoms with E-state index in [9.17, 15) is 4.39 Å². The average Bonchev–Trinajstić information content (AvgIpc) is 2.28. The highest BCUT2D eigenvalue weighted by molar-refractivity contribution is 5.31. The van der Waals surface area contributed by atoms with Gasteiger partial charge in [0.05, 0.1) is 7.11 Å². The molecule has 0 aromatic heterocycles. The molecule has 0 fully saturated rings. The Kier molecular flexibility index (Phi) is 4.52. The molecule has 0 heterocycles. The highest BCUT2D eigenvalue weighted by Crippen LogP contribution is 2.21. The second kappa shape index (κ2) is 5.68. The van der Waals surface area contributed by atoms with Crippen molar-refractivity contribution < 1.29 is 9.13 Å². The Morgan fingerprint density at radius 1 is 1.53 bits per heavy atom. The topological polar surface area (TPSA) is 47.3 Å². The van der Waals surface area contributed by atoms with E-state index >= 15 is 0 Å². The van der Waals surface area contributed by atoms with E-state index in [-0.39, 0.29) is 17.6 Å². The fraction of sp³-hybridized carbons (Fsp3) is 0.455. The molecule has 0 saturated heterocycles. The van der Waals surface area contributed by atoms with E-state index in [1.54, 1.807) is 18.2 Å². The summed E-state index contributed by atoms with van der Waals surface area (Å²) >= 11 is 0. The van der Waals surface area contributed by atoms with Crippen LogP contribution in [0.3, 0.4) is 0 Å². The lowest BCUT2D eigenvalue weighted by atomic mass is 10.0. The van der Waals surface area contributed by atoms with Gasteiger partial charge in [-0.05, 0) is 24.5 Å². The largest absolute Gasteiger partial charge is 0.494 e. The zero-order valence-electron chi connectivity index (χ0n) is 9.09. The van der Waals surface area contributed by atoms with E-state index in [0.29, 0.717) is 12.0 Å². The molecule has 0 spiro atoms. The molecule has 1 atom stereocenters. The van der Waals surface area contributed by atoms with Gasteiger partial charge in [0.1, 0.15) is 0 Å². The van der Waals surface area contributed by atoms with Crippen LogP contribution in [0.5, 0.6) is 5.75 Å². The van der Waals surface area contributed by atoms with Crippen LogP contribution in [0.15, 0.2) is 18.2 Å². The lowest BCUT2D eigenvalue weighted by Crippen LogP contribution is -2.36. The number of methoxy groups -OCH3 is 1. The number of rotatable bonds is 5. The van der Waals surface area contributed by atoms with Gasteiger partial charge in [-0.3, -0.25) is 11.3 Å². The van der Waals surface area contributed by atoms with Gasteiger partial charge in [0.15, 0.2) is 11.6 Å². The predicted octanol–water partition coefficient (Wildman–Crippen LogP) is 1.62. The van der Waals surface area contributed by atoms with Gasteiger partial charge in [-0.1, -0.05) is 19.1 Å². The minimum absolute atomic E-state index is 0.0895. The Labute approximate surface area is 89.4 Å². The molecule has 0 radical (unpaired) electrons. The lowest BCUT2D eigenvalue weighted by Gasteiger charge is -2.14. The molecular formula is C11H17FN2O. The molecule has 15 heavy (non-hydrogen) atoms. The second-order valence-corrected chi connectivity index (χ2v) is 3.41. The van der Waals surface area contributed by atoms with Gasteiger partial charge in [0, 0.05) is 6.04 Å². The summed E-state index contributed by atoms with van der Waals surface area (Å²) in [4.78, 5) is 0. The van der Waals surface area contributed by atoms with Gasteiger partial charge in [0.25, 0.3) is 0 Å². The van der Waals surface area contributed by atoms with E-state index < -0.39 is 0 Å². The smallest absolute Gasteiger partial charge is 0.168 e. The lowest BCUT2D eigenvalue weighted by molar-refractivity contribution is 0.382. The van der Waals surface area contributed by atoms with Crippen LogP contribution in [0, 0.1) is 5.82 Å². The molecule has 0 saturated carbocycles. The number of nitrogens with two attached hydrogens (primary N) is 1. The summed E-state index contributed by atoms with van der Waals surface area (Å²) in [6.07, 6.45) is 1.42. The molecule has 84 valence electrons. The highest BCUT2D eigenvalue weighted by Gasteiger charge is 2.12. The summed E-state index contributed by atoms with van der Waals surface area (Å²) in [7, 11) is 1.46. The molecular weight excluding hydrogens is 195 g/mol. The van der Waals surface area contributed by atoms with Crippen LogP contribution in [0.25, 0.3) is 0 Å². The Balaban J connectivity index is 2.85. The SMILES string of the molecule is CCC(Cc1cccc(OC)c1F)NN. The van der Waals surface area contributed by atoms with E-state index in [1.807, 2.05) is 6.92 Å². The third-order valence-electron chi connectivity index (χ3n) is 2.46. The third-order valence-corrected chi connectivity index (χ3v) is 2.46. The fourth-order valence-electron chi connectivity index (χ4n) is 1.46. The van der Waals surface area contributed by atoms with Gasteiger partial charge in [-0.2, -0.15) is 0 Å². The van der Waals surface area contributed by atoms with Crippen molar-refractivity contribution in [2.45, 2.75) is 25.8 Å².